The number of rotatable bonds is 15. The predicted octanol–water partition coefficient (Wildman–Crippen LogP) is 7.87. The van der Waals surface area contributed by atoms with Gasteiger partial charge in [0.15, 0.2) is 0 Å². The number of hydrogen-bond acceptors (Lipinski definition) is 6. The van der Waals surface area contributed by atoms with Gasteiger partial charge in [-0.2, -0.15) is 0 Å². The van der Waals surface area contributed by atoms with E-state index in [1.807, 2.05) is 66.7 Å². The molecular weight excluding hydrogens is 627 g/mol. The third kappa shape index (κ3) is 11.7. The maximum absolute atomic E-state index is 13.0. The van der Waals surface area contributed by atoms with E-state index in [4.69, 9.17) is 21.1 Å². The van der Waals surface area contributed by atoms with Crippen LogP contribution in [0.4, 0.5) is 4.39 Å². The number of nitrogens with zero attached hydrogens (tertiary/aromatic N) is 2. The van der Waals surface area contributed by atoms with E-state index in [0.717, 1.165) is 88.8 Å². The molecular formula is C40H54ClFN2O4. The lowest BCUT2D eigenvalue weighted by Crippen LogP contribution is -2.37. The Kier molecular flexibility index (Phi) is 15.8. The number of carbonyl (C=O) groups is 1. The zero-order valence-corrected chi connectivity index (χ0v) is 29.6. The summed E-state index contributed by atoms with van der Waals surface area (Å²) in [5, 5.41) is 11.1. The van der Waals surface area contributed by atoms with Gasteiger partial charge in [0.2, 0.25) is 0 Å². The Hall–Kier alpha value is -2.81. The normalized spacial score (nSPS) is 17.1. The molecule has 3 aromatic rings. The second kappa shape index (κ2) is 20.0. The fourth-order valence-corrected chi connectivity index (χ4v) is 7.00. The topological polar surface area (TPSA) is 62.2 Å². The summed E-state index contributed by atoms with van der Waals surface area (Å²) in [5.41, 5.74) is 2.77. The number of benzene rings is 3. The molecule has 2 fully saturated rings. The first-order valence-corrected chi connectivity index (χ1v) is 18.1. The number of hydrogen-bond donors (Lipinski definition) is 1. The molecule has 0 amide bonds. The zero-order valence-electron chi connectivity index (χ0n) is 28.8. The molecule has 0 bridgehead atoms. The minimum absolute atomic E-state index is 0.0847. The monoisotopic (exact) mass is 680 g/mol. The number of esters is 1. The third-order valence-corrected chi connectivity index (χ3v) is 10.2. The molecule has 8 heteroatoms. The van der Waals surface area contributed by atoms with Crippen LogP contribution in [0.5, 0.6) is 0 Å². The third-order valence-electron chi connectivity index (χ3n) is 9.91. The summed E-state index contributed by atoms with van der Waals surface area (Å²) in [6.07, 6.45) is 6.71. The van der Waals surface area contributed by atoms with Crippen LogP contribution in [0.15, 0.2) is 78.9 Å². The molecule has 1 unspecified atom stereocenters. The summed E-state index contributed by atoms with van der Waals surface area (Å²) < 4.78 is 24.1. The van der Waals surface area contributed by atoms with E-state index in [1.165, 1.54) is 17.7 Å². The first-order chi connectivity index (χ1) is 23.3. The number of likely N-dealkylation sites (N-methyl/N-ethyl adjacent to an activating group) is 1. The van der Waals surface area contributed by atoms with Crippen molar-refractivity contribution >= 4 is 17.6 Å². The highest BCUT2D eigenvalue weighted by Gasteiger charge is 2.44. The smallest absolute Gasteiger partial charge is 0.316 e. The van der Waals surface area contributed by atoms with Crippen molar-refractivity contribution in [3.63, 3.8) is 0 Å². The Labute approximate surface area is 292 Å². The second-order valence-corrected chi connectivity index (χ2v) is 13.5. The number of β-amino-alcohol motifs (C(OH)–C–C–N with tert-alkyl or cyclic N) is 1. The lowest BCUT2D eigenvalue weighted by Gasteiger charge is -2.33. The number of piperidine rings is 1. The first kappa shape index (κ1) is 38.0. The fraction of sp³-hybridized carbons (Fsp3) is 0.525. The van der Waals surface area contributed by atoms with Crippen molar-refractivity contribution in [3.05, 3.63) is 106 Å². The molecule has 1 N–H and O–H groups in total. The highest BCUT2D eigenvalue weighted by atomic mass is 35.5. The molecule has 2 aliphatic rings. The SMILES string of the molecule is CCN(CC)CCOCCOC(=O)C1(c2ccccc2)CCCC1.OC(CN1CCC(Cc2ccc(F)cc2)CC1)c1ccc(Cl)cc1. The summed E-state index contributed by atoms with van der Waals surface area (Å²) in [4.78, 5) is 17.3. The van der Waals surface area contributed by atoms with Crippen LogP contribution in [-0.2, 0) is 26.1 Å². The van der Waals surface area contributed by atoms with Crippen molar-refractivity contribution in [2.75, 3.05) is 59.1 Å². The predicted molar refractivity (Wildman–Crippen MR) is 192 cm³/mol. The first-order valence-electron chi connectivity index (χ1n) is 17.8. The molecule has 1 saturated carbocycles. The van der Waals surface area contributed by atoms with Crippen molar-refractivity contribution in [2.45, 2.75) is 70.3 Å². The molecule has 5 rings (SSSR count). The van der Waals surface area contributed by atoms with E-state index >= 15 is 0 Å². The summed E-state index contributed by atoms with van der Waals surface area (Å²) in [5.74, 6) is 0.377. The Bertz CT molecular complexity index is 1320. The van der Waals surface area contributed by atoms with E-state index in [9.17, 15) is 14.3 Å². The zero-order chi connectivity index (χ0) is 34.2. The van der Waals surface area contributed by atoms with E-state index in [-0.39, 0.29) is 11.8 Å². The average molecular weight is 681 g/mol. The lowest BCUT2D eigenvalue weighted by molar-refractivity contribution is -0.152. The number of likely N-dealkylation sites (tertiary alicyclic amines) is 1. The molecule has 0 radical (unpaired) electrons. The van der Waals surface area contributed by atoms with Crippen LogP contribution < -0.4 is 0 Å². The van der Waals surface area contributed by atoms with Gasteiger partial charge in [-0.15, -0.1) is 0 Å². The van der Waals surface area contributed by atoms with Crippen molar-refractivity contribution in [3.8, 4) is 0 Å². The fourth-order valence-electron chi connectivity index (χ4n) is 6.88. The van der Waals surface area contributed by atoms with E-state index in [1.54, 1.807) is 0 Å². The van der Waals surface area contributed by atoms with Gasteiger partial charge in [0.25, 0.3) is 0 Å². The maximum atomic E-state index is 13.0. The lowest BCUT2D eigenvalue weighted by atomic mass is 9.79. The molecule has 1 aliphatic heterocycles. The van der Waals surface area contributed by atoms with Gasteiger partial charge in [-0.3, -0.25) is 4.79 Å². The van der Waals surface area contributed by atoms with E-state index in [2.05, 4.69) is 23.6 Å². The molecule has 0 spiro atoms. The highest BCUT2D eigenvalue weighted by molar-refractivity contribution is 6.30. The number of aliphatic hydroxyl groups is 1. The molecule has 1 atom stereocenters. The van der Waals surface area contributed by atoms with E-state index < -0.39 is 11.5 Å². The second-order valence-electron chi connectivity index (χ2n) is 13.1. The molecule has 48 heavy (non-hydrogen) atoms. The minimum Gasteiger partial charge on any atom is -0.463 e. The molecule has 262 valence electrons. The molecule has 0 aromatic heterocycles. The van der Waals surface area contributed by atoms with Gasteiger partial charge in [-0.25, -0.2) is 4.39 Å². The number of halogens is 2. The average Bonchev–Trinajstić information content (AvgIpc) is 3.62. The number of ether oxygens (including phenoxy) is 2. The largest absolute Gasteiger partial charge is 0.463 e. The Morgan fingerprint density at radius 1 is 0.938 bits per heavy atom. The Morgan fingerprint density at radius 2 is 1.58 bits per heavy atom. The van der Waals surface area contributed by atoms with Crippen LogP contribution in [0.2, 0.25) is 5.02 Å². The molecule has 1 saturated heterocycles. The number of carbonyl (C=O) groups excluding carboxylic acids is 1. The van der Waals surface area contributed by atoms with Gasteiger partial charge < -0.3 is 24.4 Å². The van der Waals surface area contributed by atoms with Gasteiger partial charge in [0, 0.05) is 18.1 Å². The van der Waals surface area contributed by atoms with Crippen LogP contribution in [0.25, 0.3) is 0 Å². The quantitative estimate of drug-likeness (QED) is 0.130. The van der Waals surface area contributed by atoms with Gasteiger partial charge in [-0.1, -0.05) is 92.9 Å². The van der Waals surface area contributed by atoms with E-state index in [0.29, 0.717) is 37.3 Å². The van der Waals surface area contributed by atoms with Crippen LogP contribution in [0.3, 0.4) is 0 Å². The minimum atomic E-state index is -0.476. The highest BCUT2D eigenvalue weighted by Crippen LogP contribution is 2.42. The summed E-state index contributed by atoms with van der Waals surface area (Å²) in [6.45, 7) is 11.4. The molecule has 1 heterocycles. The number of aliphatic hydroxyl groups excluding tert-OH is 1. The maximum Gasteiger partial charge on any atom is 0.316 e. The Balaban J connectivity index is 0.000000217. The molecule has 6 nitrogen and oxygen atoms in total. The van der Waals surface area contributed by atoms with Crippen LogP contribution in [0, 0.1) is 11.7 Å². The van der Waals surface area contributed by atoms with Crippen molar-refractivity contribution in [1.29, 1.82) is 0 Å². The van der Waals surface area contributed by atoms with Crippen LogP contribution >= 0.6 is 11.6 Å². The summed E-state index contributed by atoms with van der Waals surface area (Å²) >= 11 is 5.89. The van der Waals surface area contributed by atoms with Crippen LogP contribution in [0.1, 0.15) is 75.2 Å². The standard InChI is InChI=1S/C20H23ClFNO.C20H31NO3/c21-18-5-3-17(4-6-18)20(24)14-23-11-9-16(10-12-23)13-15-1-7-19(22)8-2-15;1-3-21(4-2)14-15-23-16-17-24-19(22)20(12-8-9-13-20)18-10-6-5-7-11-18/h1-8,16,20,24H,9-14H2;5-7,10-11H,3-4,8-9,12-17H2,1-2H3. The molecule has 1 aliphatic carbocycles. The van der Waals surface area contributed by atoms with Gasteiger partial charge in [0.05, 0.1) is 24.7 Å². The molecule has 3 aromatic carbocycles. The van der Waals surface area contributed by atoms with Crippen molar-refractivity contribution in [1.82, 2.24) is 9.80 Å². The van der Waals surface area contributed by atoms with Gasteiger partial charge in [0.1, 0.15) is 12.4 Å². The van der Waals surface area contributed by atoms with Crippen molar-refractivity contribution < 1.29 is 23.8 Å². The summed E-state index contributed by atoms with van der Waals surface area (Å²) in [7, 11) is 0. The summed E-state index contributed by atoms with van der Waals surface area (Å²) in [6, 6.07) is 24.3. The van der Waals surface area contributed by atoms with Crippen LogP contribution in [-0.4, -0.2) is 80.0 Å². The van der Waals surface area contributed by atoms with Gasteiger partial charge >= 0.3 is 5.97 Å². The Morgan fingerprint density at radius 3 is 2.21 bits per heavy atom. The van der Waals surface area contributed by atoms with Gasteiger partial charge in [-0.05, 0) is 105 Å². The van der Waals surface area contributed by atoms with Crippen molar-refractivity contribution in [2.24, 2.45) is 5.92 Å².